The van der Waals surface area contributed by atoms with Crippen molar-refractivity contribution in [3.8, 4) is 0 Å². The minimum Gasteiger partial charge on any atom is -0.468 e. The molecule has 3 rings (SSSR count). The zero-order valence-corrected chi connectivity index (χ0v) is 11.9. The summed E-state index contributed by atoms with van der Waals surface area (Å²) in [6.45, 7) is 2.15. The van der Waals surface area contributed by atoms with E-state index in [-0.39, 0.29) is 6.04 Å². The molecule has 18 heavy (non-hydrogen) atoms. The van der Waals surface area contributed by atoms with E-state index < -0.39 is 0 Å². The van der Waals surface area contributed by atoms with Crippen molar-refractivity contribution < 1.29 is 4.42 Å². The second-order valence-corrected chi connectivity index (χ2v) is 5.75. The molecule has 1 aromatic heterocycles. The minimum absolute atomic E-state index is 0.250. The van der Waals surface area contributed by atoms with Crippen LogP contribution in [0, 0.1) is 0 Å². The van der Waals surface area contributed by atoms with Crippen LogP contribution in [0.3, 0.4) is 0 Å². The van der Waals surface area contributed by atoms with Gasteiger partial charge in [0, 0.05) is 10.5 Å². The van der Waals surface area contributed by atoms with Crippen molar-refractivity contribution in [2.75, 3.05) is 0 Å². The monoisotopic (exact) mass is 305 g/mol. The van der Waals surface area contributed by atoms with E-state index in [2.05, 4.69) is 46.4 Å². The van der Waals surface area contributed by atoms with E-state index in [4.69, 9.17) is 4.42 Å². The summed E-state index contributed by atoms with van der Waals surface area (Å²) in [5.41, 5.74) is 2.88. The van der Waals surface area contributed by atoms with Crippen molar-refractivity contribution in [2.24, 2.45) is 0 Å². The highest BCUT2D eigenvalue weighted by molar-refractivity contribution is 9.10. The molecule has 0 bridgehead atoms. The Balaban J connectivity index is 1.77. The number of aryl methyl sites for hydroxylation is 1. The largest absolute Gasteiger partial charge is 0.468 e. The van der Waals surface area contributed by atoms with Crippen molar-refractivity contribution >= 4 is 15.9 Å². The summed E-state index contributed by atoms with van der Waals surface area (Å²) >= 11 is 3.53. The average molecular weight is 306 g/mol. The van der Waals surface area contributed by atoms with Gasteiger partial charge in [0.1, 0.15) is 5.76 Å². The molecule has 2 unspecified atom stereocenters. The summed E-state index contributed by atoms with van der Waals surface area (Å²) < 4.78 is 6.61. The van der Waals surface area contributed by atoms with Crippen LogP contribution < -0.4 is 5.32 Å². The first-order valence-electron chi connectivity index (χ1n) is 6.32. The summed E-state index contributed by atoms with van der Waals surface area (Å²) in [5, 5.41) is 3.65. The van der Waals surface area contributed by atoms with E-state index in [0.717, 1.165) is 18.6 Å². The normalized spacial score (nSPS) is 19.8. The van der Waals surface area contributed by atoms with Gasteiger partial charge in [-0.15, -0.1) is 0 Å². The Morgan fingerprint density at radius 3 is 3.06 bits per heavy atom. The molecule has 1 N–H and O–H groups in total. The van der Waals surface area contributed by atoms with Crippen LogP contribution in [0.5, 0.6) is 0 Å². The molecule has 3 heteroatoms. The number of benzene rings is 1. The summed E-state index contributed by atoms with van der Waals surface area (Å²) in [4.78, 5) is 0. The molecule has 0 radical (unpaired) electrons. The van der Waals surface area contributed by atoms with Gasteiger partial charge in [0.25, 0.3) is 0 Å². The zero-order chi connectivity index (χ0) is 12.5. The third-order valence-electron chi connectivity index (χ3n) is 3.60. The van der Waals surface area contributed by atoms with Crippen molar-refractivity contribution in [1.29, 1.82) is 0 Å². The number of hydrogen-bond acceptors (Lipinski definition) is 2. The van der Waals surface area contributed by atoms with Gasteiger partial charge in [0.05, 0.1) is 12.3 Å². The molecule has 0 saturated heterocycles. The fraction of sp³-hybridized carbons (Fsp3) is 0.333. The Morgan fingerprint density at radius 2 is 2.28 bits per heavy atom. The van der Waals surface area contributed by atoms with E-state index in [9.17, 15) is 0 Å². The van der Waals surface area contributed by atoms with E-state index in [1.165, 1.54) is 15.6 Å². The topological polar surface area (TPSA) is 25.2 Å². The van der Waals surface area contributed by atoms with Crippen LogP contribution in [-0.4, -0.2) is 0 Å². The quantitative estimate of drug-likeness (QED) is 0.910. The minimum atomic E-state index is 0.250. The maximum Gasteiger partial charge on any atom is 0.120 e. The summed E-state index contributed by atoms with van der Waals surface area (Å²) in [5.74, 6) is 1.00. The maximum atomic E-state index is 5.44. The Labute approximate surface area is 116 Å². The number of halogens is 1. The van der Waals surface area contributed by atoms with Gasteiger partial charge < -0.3 is 9.73 Å². The highest BCUT2D eigenvalue weighted by Crippen LogP contribution is 2.34. The van der Waals surface area contributed by atoms with Crippen LogP contribution in [0.4, 0.5) is 0 Å². The smallest absolute Gasteiger partial charge is 0.120 e. The Morgan fingerprint density at radius 1 is 1.39 bits per heavy atom. The first kappa shape index (κ1) is 12.0. The number of rotatable bonds is 3. The van der Waals surface area contributed by atoms with Gasteiger partial charge in [-0.1, -0.05) is 22.0 Å². The molecule has 1 aliphatic carbocycles. The van der Waals surface area contributed by atoms with Crippen LogP contribution in [0.25, 0.3) is 0 Å². The van der Waals surface area contributed by atoms with Crippen LogP contribution in [-0.2, 0) is 6.42 Å². The third-order valence-corrected chi connectivity index (χ3v) is 4.10. The van der Waals surface area contributed by atoms with Gasteiger partial charge in [0.15, 0.2) is 0 Å². The third kappa shape index (κ3) is 2.25. The predicted octanol–water partition coefficient (Wildman–Crippen LogP) is 4.38. The van der Waals surface area contributed by atoms with Gasteiger partial charge in [-0.05, 0) is 55.2 Å². The molecule has 0 spiro atoms. The van der Waals surface area contributed by atoms with Gasteiger partial charge in [-0.25, -0.2) is 0 Å². The highest BCUT2D eigenvalue weighted by Gasteiger charge is 2.24. The molecule has 0 fully saturated rings. The molecule has 2 atom stereocenters. The second kappa shape index (κ2) is 4.90. The zero-order valence-electron chi connectivity index (χ0n) is 10.3. The molecule has 1 aromatic carbocycles. The van der Waals surface area contributed by atoms with Crippen molar-refractivity contribution in [1.82, 2.24) is 5.32 Å². The standard InChI is InChI=1S/C15H16BrNO/c1-10(15-3-2-8-18-15)17-14-7-4-11-9-12(16)5-6-13(11)14/h2-3,5-6,8-10,14,17H,4,7H2,1H3. The lowest BCUT2D eigenvalue weighted by Crippen LogP contribution is -2.22. The SMILES string of the molecule is CC(NC1CCc2cc(Br)ccc21)c1ccco1. The highest BCUT2D eigenvalue weighted by atomic mass is 79.9. The number of furan rings is 1. The molecule has 0 saturated carbocycles. The Bertz CT molecular complexity index is 535. The first-order valence-corrected chi connectivity index (χ1v) is 7.11. The van der Waals surface area contributed by atoms with Crippen LogP contribution in [0.2, 0.25) is 0 Å². The van der Waals surface area contributed by atoms with Crippen LogP contribution in [0.15, 0.2) is 45.5 Å². The molecule has 1 heterocycles. The lowest BCUT2D eigenvalue weighted by Gasteiger charge is -2.18. The maximum absolute atomic E-state index is 5.44. The number of fused-ring (bicyclic) bond motifs is 1. The molecular formula is C15H16BrNO. The van der Waals surface area contributed by atoms with E-state index >= 15 is 0 Å². The molecule has 2 nitrogen and oxygen atoms in total. The molecule has 0 aliphatic heterocycles. The Kier molecular flexibility index (Phi) is 3.27. The summed E-state index contributed by atoms with van der Waals surface area (Å²) in [6, 6.07) is 11.2. The number of hydrogen-bond donors (Lipinski definition) is 1. The summed E-state index contributed by atoms with van der Waals surface area (Å²) in [7, 11) is 0. The lowest BCUT2D eigenvalue weighted by atomic mass is 10.1. The van der Waals surface area contributed by atoms with Gasteiger partial charge >= 0.3 is 0 Å². The molecule has 1 aliphatic rings. The van der Waals surface area contributed by atoms with Crippen molar-refractivity contribution in [3.63, 3.8) is 0 Å². The number of nitrogens with one attached hydrogen (secondary N) is 1. The fourth-order valence-corrected chi connectivity index (χ4v) is 3.09. The van der Waals surface area contributed by atoms with Crippen LogP contribution >= 0.6 is 15.9 Å². The van der Waals surface area contributed by atoms with Crippen LogP contribution in [0.1, 0.15) is 42.3 Å². The van der Waals surface area contributed by atoms with E-state index in [1.807, 2.05) is 12.1 Å². The van der Waals surface area contributed by atoms with Gasteiger partial charge in [0.2, 0.25) is 0 Å². The van der Waals surface area contributed by atoms with E-state index in [0.29, 0.717) is 6.04 Å². The molecule has 0 amide bonds. The lowest BCUT2D eigenvalue weighted by molar-refractivity contribution is 0.391. The Hall–Kier alpha value is -1.06. The van der Waals surface area contributed by atoms with Crippen molar-refractivity contribution in [3.05, 3.63) is 58.0 Å². The fourth-order valence-electron chi connectivity index (χ4n) is 2.68. The molecular weight excluding hydrogens is 290 g/mol. The molecule has 94 valence electrons. The molecule has 2 aromatic rings. The van der Waals surface area contributed by atoms with Gasteiger partial charge in [-0.3, -0.25) is 0 Å². The first-order chi connectivity index (χ1) is 8.74. The van der Waals surface area contributed by atoms with E-state index in [1.54, 1.807) is 6.26 Å². The predicted molar refractivity (Wildman–Crippen MR) is 75.5 cm³/mol. The average Bonchev–Trinajstić information content (AvgIpc) is 2.98. The van der Waals surface area contributed by atoms with Gasteiger partial charge in [-0.2, -0.15) is 0 Å². The van der Waals surface area contributed by atoms with Crippen molar-refractivity contribution in [2.45, 2.75) is 31.8 Å². The second-order valence-electron chi connectivity index (χ2n) is 4.84. The summed E-state index contributed by atoms with van der Waals surface area (Å²) in [6.07, 6.45) is 4.04.